The molecule has 0 heterocycles. The van der Waals surface area contributed by atoms with Crippen LogP contribution in [0.4, 0.5) is 5.69 Å². The van der Waals surface area contributed by atoms with Crippen molar-refractivity contribution >= 4 is 17.5 Å². The first kappa shape index (κ1) is 18.0. The van der Waals surface area contributed by atoms with Crippen LogP contribution in [0.1, 0.15) is 26.3 Å². The van der Waals surface area contributed by atoms with Crippen LogP contribution >= 0.6 is 0 Å². The van der Waals surface area contributed by atoms with E-state index >= 15 is 0 Å². The van der Waals surface area contributed by atoms with Crippen molar-refractivity contribution in [1.29, 1.82) is 0 Å². The van der Waals surface area contributed by atoms with E-state index in [1.165, 1.54) is 24.3 Å². The van der Waals surface area contributed by atoms with Crippen molar-refractivity contribution < 1.29 is 19.8 Å². The lowest BCUT2D eigenvalue weighted by Gasteiger charge is -2.10. The highest BCUT2D eigenvalue weighted by atomic mass is 16.3. The number of rotatable bonds is 5. The van der Waals surface area contributed by atoms with Crippen molar-refractivity contribution in [2.24, 2.45) is 0 Å². The molecule has 136 valence electrons. The molecular formula is C21H18N2O4. The summed E-state index contributed by atoms with van der Waals surface area (Å²) < 4.78 is 0. The number of phenols is 2. The molecule has 27 heavy (non-hydrogen) atoms. The van der Waals surface area contributed by atoms with Gasteiger partial charge in [0.25, 0.3) is 11.8 Å². The fraction of sp³-hybridized carbons (Fsp3) is 0.0476. The lowest BCUT2D eigenvalue weighted by Crippen LogP contribution is -2.23. The first-order chi connectivity index (χ1) is 13.0. The maximum atomic E-state index is 12.3. The molecule has 0 atom stereocenters. The number of anilines is 1. The van der Waals surface area contributed by atoms with Crippen LogP contribution in [0.25, 0.3) is 0 Å². The Hall–Kier alpha value is -3.80. The second kappa shape index (κ2) is 8.05. The van der Waals surface area contributed by atoms with Crippen LogP contribution in [0, 0.1) is 0 Å². The van der Waals surface area contributed by atoms with E-state index in [4.69, 9.17) is 0 Å². The number of benzene rings is 3. The molecule has 0 unspecified atom stereocenters. The van der Waals surface area contributed by atoms with Crippen LogP contribution in [0.15, 0.2) is 72.8 Å². The SMILES string of the molecule is O=C(NCc1cccc(NC(=O)c2ccccc2O)c1)c1ccccc1O. The Morgan fingerprint density at radius 1 is 0.741 bits per heavy atom. The van der Waals surface area contributed by atoms with E-state index in [9.17, 15) is 19.8 Å². The maximum Gasteiger partial charge on any atom is 0.259 e. The van der Waals surface area contributed by atoms with Gasteiger partial charge in [0, 0.05) is 12.2 Å². The van der Waals surface area contributed by atoms with Gasteiger partial charge in [-0.25, -0.2) is 0 Å². The minimum atomic E-state index is -0.427. The van der Waals surface area contributed by atoms with Gasteiger partial charge in [-0.3, -0.25) is 9.59 Å². The fourth-order valence-corrected chi connectivity index (χ4v) is 2.57. The van der Waals surface area contributed by atoms with Crippen molar-refractivity contribution in [3.63, 3.8) is 0 Å². The van der Waals surface area contributed by atoms with Gasteiger partial charge in [0.05, 0.1) is 11.1 Å². The second-order valence-electron chi connectivity index (χ2n) is 5.87. The van der Waals surface area contributed by atoms with Gasteiger partial charge < -0.3 is 20.8 Å². The highest BCUT2D eigenvalue weighted by molar-refractivity contribution is 6.06. The van der Waals surface area contributed by atoms with E-state index in [0.29, 0.717) is 5.69 Å². The monoisotopic (exact) mass is 362 g/mol. The summed E-state index contributed by atoms with van der Waals surface area (Å²) in [6.07, 6.45) is 0. The third-order valence-electron chi connectivity index (χ3n) is 3.94. The number of hydrogen-bond acceptors (Lipinski definition) is 4. The smallest absolute Gasteiger partial charge is 0.259 e. The average Bonchev–Trinajstić information content (AvgIpc) is 2.67. The summed E-state index contributed by atoms with van der Waals surface area (Å²) in [4.78, 5) is 24.4. The number of amides is 2. The van der Waals surface area contributed by atoms with E-state index in [0.717, 1.165) is 5.56 Å². The Morgan fingerprint density at radius 3 is 1.96 bits per heavy atom. The van der Waals surface area contributed by atoms with Crippen molar-refractivity contribution in [3.8, 4) is 11.5 Å². The highest BCUT2D eigenvalue weighted by Gasteiger charge is 2.12. The van der Waals surface area contributed by atoms with Crippen LogP contribution in [0.2, 0.25) is 0 Å². The molecule has 0 aliphatic carbocycles. The van der Waals surface area contributed by atoms with E-state index in [1.54, 1.807) is 48.5 Å². The van der Waals surface area contributed by atoms with Crippen molar-refractivity contribution in [3.05, 3.63) is 89.5 Å². The van der Waals surface area contributed by atoms with Crippen molar-refractivity contribution in [2.75, 3.05) is 5.32 Å². The molecule has 0 aliphatic rings. The van der Waals surface area contributed by atoms with Crippen LogP contribution in [-0.4, -0.2) is 22.0 Å². The molecule has 0 fully saturated rings. The summed E-state index contributed by atoms with van der Waals surface area (Å²) in [5.41, 5.74) is 1.68. The van der Waals surface area contributed by atoms with Crippen molar-refractivity contribution in [1.82, 2.24) is 5.32 Å². The zero-order chi connectivity index (χ0) is 19.2. The summed E-state index contributed by atoms with van der Waals surface area (Å²) in [5, 5.41) is 24.9. The van der Waals surface area contributed by atoms with Gasteiger partial charge in [-0.2, -0.15) is 0 Å². The fourth-order valence-electron chi connectivity index (χ4n) is 2.57. The second-order valence-corrected chi connectivity index (χ2v) is 5.87. The van der Waals surface area contributed by atoms with Gasteiger partial charge in [0.2, 0.25) is 0 Å². The summed E-state index contributed by atoms with van der Waals surface area (Å²) in [6, 6.07) is 19.6. The molecule has 0 aliphatic heterocycles. The lowest BCUT2D eigenvalue weighted by molar-refractivity contribution is 0.0947. The van der Waals surface area contributed by atoms with Gasteiger partial charge in [-0.15, -0.1) is 0 Å². The van der Waals surface area contributed by atoms with Gasteiger partial charge in [-0.05, 0) is 42.0 Å². The minimum absolute atomic E-state index is 0.0846. The zero-order valence-corrected chi connectivity index (χ0v) is 14.3. The predicted molar refractivity (Wildman–Crippen MR) is 102 cm³/mol. The predicted octanol–water partition coefficient (Wildman–Crippen LogP) is 3.28. The summed E-state index contributed by atoms with van der Waals surface area (Å²) in [7, 11) is 0. The molecule has 4 N–H and O–H groups in total. The molecule has 0 saturated carbocycles. The third-order valence-corrected chi connectivity index (χ3v) is 3.94. The standard InChI is InChI=1S/C21H18N2O4/c24-18-10-3-1-8-16(18)20(26)22-13-14-6-5-7-15(12-14)23-21(27)17-9-2-4-11-19(17)25/h1-12,24-25H,13H2,(H,22,26)(H,23,27). The summed E-state index contributed by atoms with van der Waals surface area (Å²) in [5.74, 6) is -1.000. The van der Waals surface area contributed by atoms with Crippen LogP contribution in [-0.2, 0) is 6.54 Å². The molecule has 0 radical (unpaired) electrons. The quantitative estimate of drug-likeness (QED) is 0.560. The van der Waals surface area contributed by atoms with E-state index in [-0.39, 0.29) is 29.2 Å². The number of aromatic hydroxyl groups is 2. The first-order valence-corrected chi connectivity index (χ1v) is 8.29. The van der Waals surface area contributed by atoms with Gasteiger partial charge in [0.1, 0.15) is 11.5 Å². The van der Waals surface area contributed by atoms with Gasteiger partial charge in [0.15, 0.2) is 0 Å². The largest absolute Gasteiger partial charge is 0.507 e. The maximum absolute atomic E-state index is 12.3. The molecule has 3 rings (SSSR count). The third kappa shape index (κ3) is 4.43. The van der Waals surface area contributed by atoms with Crippen LogP contribution in [0.5, 0.6) is 11.5 Å². The number of carbonyl (C=O) groups is 2. The number of hydrogen-bond donors (Lipinski definition) is 4. The molecule has 2 amide bonds. The molecule has 6 heteroatoms. The lowest BCUT2D eigenvalue weighted by atomic mass is 10.1. The van der Waals surface area contributed by atoms with Gasteiger partial charge in [-0.1, -0.05) is 36.4 Å². The Kier molecular flexibility index (Phi) is 5.37. The first-order valence-electron chi connectivity index (χ1n) is 8.29. The van der Waals surface area contributed by atoms with Crippen molar-refractivity contribution in [2.45, 2.75) is 6.54 Å². The molecule has 0 saturated heterocycles. The number of phenolic OH excluding ortho intramolecular Hbond substituents is 2. The Labute approximate surface area is 156 Å². The minimum Gasteiger partial charge on any atom is -0.507 e. The van der Waals surface area contributed by atoms with Crippen LogP contribution < -0.4 is 10.6 Å². The Balaban J connectivity index is 1.65. The molecule has 0 spiro atoms. The zero-order valence-electron chi connectivity index (χ0n) is 14.3. The van der Waals surface area contributed by atoms with E-state index in [1.807, 2.05) is 0 Å². The molecule has 0 aromatic heterocycles. The number of para-hydroxylation sites is 2. The summed E-state index contributed by atoms with van der Waals surface area (Å²) in [6.45, 7) is 0.230. The molecule has 3 aromatic carbocycles. The molecular weight excluding hydrogens is 344 g/mol. The summed E-state index contributed by atoms with van der Waals surface area (Å²) >= 11 is 0. The van der Waals surface area contributed by atoms with Gasteiger partial charge >= 0.3 is 0 Å². The van der Waals surface area contributed by atoms with E-state index < -0.39 is 11.8 Å². The Bertz CT molecular complexity index is 985. The molecule has 6 nitrogen and oxygen atoms in total. The molecule has 3 aromatic rings. The normalized spacial score (nSPS) is 10.2. The number of carbonyl (C=O) groups excluding carboxylic acids is 2. The van der Waals surface area contributed by atoms with E-state index in [2.05, 4.69) is 10.6 Å². The molecule has 0 bridgehead atoms. The highest BCUT2D eigenvalue weighted by Crippen LogP contribution is 2.19. The Morgan fingerprint density at radius 2 is 1.33 bits per heavy atom. The topological polar surface area (TPSA) is 98.7 Å². The average molecular weight is 362 g/mol. The number of nitrogens with one attached hydrogen (secondary N) is 2. The van der Waals surface area contributed by atoms with Crippen LogP contribution in [0.3, 0.4) is 0 Å².